The van der Waals surface area contributed by atoms with Gasteiger partial charge in [0.25, 0.3) is 0 Å². The number of benzene rings is 1. The molecule has 0 aliphatic carbocycles. The molecule has 0 spiro atoms. The molecule has 3 nitrogen and oxygen atoms in total. The zero-order chi connectivity index (χ0) is 13.8. The fraction of sp³-hybridized carbons (Fsp3) is 0.357. The lowest BCUT2D eigenvalue weighted by molar-refractivity contribution is 0.112. The summed E-state index contributed by atoms with van der Waals surface area (Å²) in [7, 11) is 1.62. The van der Waals surface area contributed by atoms with Gasteiger partial charge in [0.2, 0.25) is 0 Å². The zero-order valence-electron chi connectivity index (χ0n) is 10.7. The Morgan fingerprint density at radius 2 is 2.05 bits per heavy atom. The Balaban J connectivity index is 2.22. The smallest absolute Gasteiger partial charge is 0.150 e. The summed E-state index contributed by atoms with van der Waals surface area (Å²) in [5.74, 6) is -1.41. The quantitative estimate of drug-likeness (QED) is 0.620. The summed E-state index contributed by atoms with van der Waals surface area (Å²) in [5.41, 5.74) is 1.06. The molecule has 0 unspecified atom stereocenters. The van der Waals surface area contributed by atoms with Crippen molar-refractivity contribution in [2.75, 3.05) is 31.7 Å². The Hall–Kier alpha value is -1.75. The van der Waals surface area contributed by atoms with Crippen LogP contribution in [0, 0.1) is 11.6 Å². The molecule has 1 heterocycles. The first-order valence-corrected chi connectivity index (χ1v) is 6.01. The van der Waals surface area contributed by atoms with Gasteiger partial charge in [-0.25, -0.2) is 8.78 Å². The number of carbonyl (C=O) groups excluding carboxylic acids is 1. The van der Waals surface area contributed by atoms with Crippen LogP contribution in [-0.4, -0.2) is 33.1 Å². The summed E-state index contributed by atoms with van der Waals surface area (Å²) < 4.78 is 32.7. The van der Waals surface area contributed by atoms with E-state index in [0.717, 1.165) is 17.7 Å². The van der Waals surface area contributed by atoms with E-state index in [1.54, 1.807) is 12.0 Å². The number of aldehydes is 1. The first-order chi connectivity index (χ1) is 9.15. The van der Waals surface area contributed by atoms with E-state index in [9.17, 15) is 13.6 Å². The maximum atomic E-state index is 13.8. The highest BCUT2D eigenvalue weighted by Gasteiger charge is 2.20. The van der Waals surface area contributed by atoms with Gasteiger partial charge >= 0.3 is 0 Å². The van der Waals surface area contributed by atoms with Crippen molar-refractivity contribution < 1.29 is 18.3 Å². The molecule has 0 amide bonds. The molecule has 2 rings (SSSR count). The van der Waals surface area contributed by atoms with E-state index in [0.29, 0.717) is 32.4 Å². The van der Waals surface area contributed by atoms with Crippen molar-refractivity contribution in [1.82, 2.24) is 0 Å². The van der Waals surface area contributed by atoms with Gasteiger partial charge in [-0.1, -0.05) is 6.08 Å². The third-order valence-electron chi connectivity index (χ3n) is 3.12. The van der Waals surface area contributed by atoms with Crippen molar-refractivity contribution >= 4 is 12.0 Å². The number of halogens is 2. The van der Waals surface area contributed by atoms with Crippen molar-refractivity contribution in [3.63, 3.8) is 0 Å². The van der Waals surface area contributed by atoms with Crippen LogP contribution in [0.5, 0.6) is 0 Å². The largest absolute Gasteiger partial charge is 0.380 e. The summed E-state index contributed by atoms with van der Waals surface area (Å²) >= 11 is 0. The number of ether oxygens (including phenoxy) is 1. The van der Waals surface area contributed by atoms with Crippen LogP contribution < -0.4 is 4.90 Å². The molecule has 0 atom stereocenters. The van der Waals surface area contributed by atoms with Gasteiger partial charge in [-0.15, -0.1) is 0 Å². The minimum atomic E-state index is -0.703. The van der Waals surface area contributed by atoms with Crippen molar-refractivity contribution in [2.24, 2.45) is 0 Å². The molecule has 0 radical (unpaired) electrons. The molecule has 5 heteroatoms. The van der Waals surface area contributed by atoms with Gasteiger partial charge in [-0.3, -0.25) is 4.79 Å². The summed E-state index contributed by atoms with van der Waals surface area (Å²) in [6.07, 6.45) is 3.06. The van der Waals surface area contributed by atoms with Crippen molar-refractivity contribution in [1.29, 1.82) is 0 Å². The Labute approximate surface area is 110 Å². The molecule has 0 aromatic heterocycles. The molecule has 1 aliphatic rings. The van der Waals surface area contributed by atoms with Crippen LogP contribution in [0.4, 0.5) is 14.5 Å². The Bertz CT molecular complexity index is 491. The second-order valence-corrected chi connectivity index (χ2v) is 4.44. The second kappa shape index (κ2) is 5.93. The van der Waals surface area contributed by atoms with Crippen LogP contribution in [0.3, 0.4) is 0 Å². The van der Waals surface area contributed by atoms with Gasteiger partial charge in [-0.2, -0.15) is 0 Å². The van der Waals surface area contributed by atoms with Crippen LogP contribution >= 0.6 is 0 Å². The zero-order valence-corrected chi connectivity index (χ0v) is 10.7. The molecular weight excluding hydrogens is 252 g/mol. The van der Waals surface area contributed by atoms with Gasteiger partial charge in [0.1, 0.15) is 23.6 Å². The van der Waals surface area contributed by atoms with E-state index in [4.69, 9.17) is 4.74 Å². The summed E-state index contributed by atoms with van der Waals surface area (Å²) in [6.45, 7) is 1.51. The minimum Gasteiger partial charge on any atom is -0.380 e. The highest BCUT2D eigenvalue weighted by molar-refractivity contribution is 5.76. The number of anilines is 1. The number of carbonyl (C=O) groups is 1. The molecule has 102 valence electrons. The number of nitrogens with zero attached hydrogens (tertiary/aromatic N) is 1. The van der Waals surface area contributed by atoms with E-state index in [-0.39, 0.29) is 11.3 Å². The molecule has 1 aromatic rings. The first-order valence-electron chi connectivity index (χ1n) is 6.01. The van der Waals surface area contributed by atoms with Crippen LogP contribution in [0.15, 0.2) is 23.8 Å². The number of hydrogen-bond donors (Lipinski definition) is 0. The Morgan fingerprint density at radius 1 is 1.37 bits per heavy atom. The van der Waals surface area contributed by atoms with E-state index in [1.807, 2.05) is 6.08 Å². The SMILES string of the molecule is COCC1=CCN(c2c(F)cc(C=O)cc2F)CC1. The van der Waals surface area contributed by atoms with Crippen molar-refractivity contribution in [3.8, 4) is 0 Å². The number of methoxy groups -OCH3 is 1. The average Bonchev–Trinajstić information content (AvgIpc) is 2.40. The van der Waals surface area contributed by atoms with Crippen LogP contribution in [0.2, 0.25) is 0 Å². The molecule has 0 N–H and O–H groups in total. The van der Waals surface area contributed by atoms with Gasteiger partial charge in [0, 0.05) is 25.8 Å². The lowest BCUT2D eigenvalue weighted by Crippen LogP contribution is -2.31. The maximum Gasteiger partial charge on any atom is 0.150 e. The van der Waals surface area contributed by atoms with Crippen LogP contribution in [0.25, 0.3) is 0 Å². The normalized spacial score (nSPS) is 15.3. The standard InChI is InChI=1S/C14H15F2NO2/c1-19-9-10-2-4-17(5-3-10)14-12(15)6-11(8-18)7-13(14)16/h2,6-8H,3-5,9H2,1H3. The predicted molar refractivity (Wildman–Crippen MR) is 68.5 cm³/mol. The molecule has 19 heavy (non-hydrogen) atoms. The second-order valence-electron chi connectivity index (χ2n) is 4.44. The van der Waals surface area contributed by atoms with Gasteiger partial charge in [0.05, 0.1) is 6.61 Å². The fourth-order valence-corrected chi connectivity index (χ4v) is 2.19. The van der Waals surface area contributed by atoms with E-state index in [2.05, 4.69) is 0 Å². The number of hydrogen-bond acceptors (Lipinski definition) is 3. The molecule has 0 saturated heterocycles. The molecule has 1 aliphatic heterocycles. The third-order valence-corrected chi connectivity index (χ3v) is 3.12. The van der Waals surface area contributed by atoms with E-state index < -0.39 is 11.6 Å². The molecular formula is C14H15F2NO2. The molecule has 0 bridgehead atoms. The first kappa shape index (κ1) is 13.7. The van der Waals surface area contributed by atoms with Crippen LogP contribution in [0.1, 0.15) is 16.8 Å². The van der Waals surface area contributed by atoms with E-state index in [1.165, 1.54) is 0 Å². The Kier molecular flexibility index (Phi) is 4.27. The highest BCUT2D eigenvalue weighted by atomic mass is 19.1. The van der Waals surface area contributed by atoms with Gasteiger partial charge in [-0.05, 0) is 24.1 Å². The topological polar surface area (TPSA) is 29.5 Å². The van der Waals surface area contributed by atoms with Crippen molar-refractivity contribution in [3.05, 3.63) is 41.0 Å². The van der Waals surface area contributed by atoms with Crippen molar-refractivity contribution in [2.45, 2.75) is 6.42 Å². The highest BCUT2D eigenvalue weighted by Crippen LogP contribution is 2.27. The molecule has 0 fully saturated rings. The fourth-order valence-electron chi connectivity index (χ4n) is 2.19. The van der Waals surface area contributed by atoms with Crippen LogP contribution in [-0.2, 0) is 4.74 Å². The third kappa shape index (κ3) is 2.98. The molecule has 0 saturated carbocycles. The van der Waals surface area contributed by atoms with E-state index >= 15 is 0 Å². The minimum absolute atomic E-state index is 0.00590. The maximum absolute atomic E-state index is 13.8. The lowest BCUT2D eigenvalue weighted by atomic mass is 10.1. The van der Waals surface area contributed by atoms with Gasteiger partial charge < -0.3 is 9.64 Å². The summed E-state index contributed by atoms with van der Waals surface area (Å²) in [5, 5.41) is 0. The Morgan fingerprint density at radius 3 is 2.53 bits per heavy atom. The average molecular weight is 267 g/mol. The lowest BCUT2D eigenvalue weighted by Gasteiger charge is -2.29. The summed E-state index contributed by atoms with van der Waals surface area (Å²) in [6, 6.07) is 2.11. The number of rotatable bonds is 4. The monoisotopic (exact) mass is 267 g/mol. The summed E-state index contributed by atoms with van der Waals surface area (Å²) in [4.78, 5) is 12.2. The van der Waals surface area contributed by atoms with Gasteiger partial charge in [0.15, 0.2) is 0 Å². The predicted octanol–water partition coefficient (Wildman–Crippen LogP) is 2.56. The molecule has 1 aromatic carbocycles.